The molecular weight excluding hydrogens is 757 g/mol. The molecule has 0 saturated heterocycles. The van der Waals surface area contributed by atoms with Crippen molar-refractivity contribution in [2.75, 3.05) is 0 Å². The van der Waals surface area contributed by atoms with E-state index in [-0.39, 0.29) is 0 Å². The van der Waals surface area contributed by atoms with E-state index < -0.39 is 0 Å². The van der Waals surface area contributed by atoms with Gasteiger partial charge in [-0.25, -0.2) is 9.97 Å². The van der Waals surface area contributed by atoms with Crippen LogP contribution < -0.4 is 0 Å². The number of hydrogen-bond acceptors (Lipinski definition) is 3. The second-order valence-corrected chi connectivity index (χ2v) is 16.8. The minimum absolute atomic E-state index is 0.709. The second kappa shape index (κ2) is 14.5. The van der Waals surface area contributed by atoms with Gasteiger partial charge in [-0.05, 0) is 90.0 Å². The van der Waals surface area contributed by atoms with Gasteiger partial charge in [-0.1, -0.05) is 194 Å². The van der Waals surface area contributed by atoms with E-state index >= 15 is 0 Å². The van der Waals surface area contributed by atoms with E-state index in [9.17, 15) is 0 Å². The van der Waals surface area contributed by atoms with Gasteiger partial charge in [-0.3, -0.25) is 0 Å². The predicted molar refractivity (Wildman–Crippen MR) is 260 cm³/mol. The fourth-order valence-corrected chi connectivity index (χ4v) is 10.1. The fourth-order valence-electron chi connectivity index (χ4n) is 8.99. The van der Waals surface area contributed by atoms with Crippen LogP contribution in [-0.2, 0) is 0 Å². The Kier molecular flexibility index (Phi) is 8.39. The van der Waals surface area contributed by atoms with Crippen LogP contribution in [0.2, 0.25) is 0 Å². The van der Waals surface area contributed by atoms with E-state index in [1.54, 1.807) is 0 Å². The number of rotatable bonds is 6. The Morgan fingerprint density at radius 3 is 1.48 bits per heavy atom. The van der Waals surface area contributed by atoms with Crippen LogP contribution in [0.1, 0.15) is 0 Å². The van der Waals surface area contributed by atoms with Crippen molar-refractivity contribution in [1.82, 2.24) is 9.97 Å². The number of nitrogens with zero attached hydrogens (tertiary/aromatic N) is 2. The summed E-state index contributed by atoms with van der Waals surface area (Å²) in [5, 5.41) is 10.3. The molecule has 12 aromatic rings. The number of aromatic nitrogens is 2. The average molecular weight is 793 g/mol. The Morgan fingerprint density at radius 1 is 0.262 bits per heavy atom. The molecule has 0 unspecified atom stereocenters. The third-order valence-corrected chi connectivity index (χ3v) is 13.2. The van der Waals surface area contributed by atoms with Crippen LogP contribution in [0.25, 0.3) is 120 Å². The first-order chi connectivity index (χ1) is 30.2. The molecule has 0 aliphatic rings. The zero-order chi connectivity index (χ0) is 40.3. The van der Waals surface area contributed by atoms with E-state index in [0.29, 0.717) is 5.82 Å². The van der Waals surface area contributed by atoms with E-state index in [1.165, 1.54) is 80.3 Å². The molecule has 0 aliphatic heterocycles. The van der Waals surface area contributed by atoms with E-state index in [1.807, 2.05) is 29.5 Å². The van der Waals surface area contributed by atoms with Crippen molar-refractivity contribution in [3.8, 4) is 67.3 Å². The van der Waals surface area contributed by atoms with E-state index in [4.69, 9.17) is 9.97 Å². The summed E-state index contributed by atoms with van der Waals surface area (Å²) in [6.07, 6.45) is 0. The molecule has 284 valence electrons. The van der Waals surface area contributed by atoms with Gasteiger partial charge in [-0.2, -0.15) is 0 Å². The standard InChI is InChI=1S/C58H36N2S/c1-2-11-44(12-3-1)58-59-53(36-54(60-58)42-26-20-39(21-27-42)45-31-32-50-49-16-8-9-17-55(49)61-56(50)35-45)41-24-18-37(19-25-41)38-22-28-43(29-23-38)57-48-15-7-5-13-46(48)34-52-47-14-6-4-10-40(47)30-33-51(52)57/h1-36H. The highest BCUT2D eigenvalue weighted by Crippen LogP contribution is 2.41. The first kappa shape index (κ1) is 35.2. The molecule has 0 amide bonds. The minimum Gasteiger partial charge on any atom is -0.228 e. The topological polar surface area (TPSA) is 25.8 Å². The number of benzene rings is 10. The molecular formula is C58H36N2S. The van der Waals surface area contributed by atoms with Crippen molar-refractivity contribution in [1.29, 1.82) is 0 Å². The first-order valence-corrected chi connectivity index (χ1v) is 21.5. The van der Waals surface area contributed by atoms with Gasteiger partial charge >= 0.3 is 0 Å². The monoisotopic (exact) mass is 792 g/mol. The zero-order valence-corrected chi connectivity index (χ0v) is 33.9. The molecule has 0 N–H and O–H groups in total. The van der Waals surface area contributed by atoms with Crippen molar-refractivity contribution < 1.29 is 0 Å². The Bertz CT molecular complexity index is 3610. The van der Waals surface area contributed by atoms with Gasteiger partial charge < -0.3 is 0 Å². The normalized spacial score (nSPS) is 11.6. The Morgan fingerprint density at radius 2 is 0.770 bits per heavy atom. The van der Waals surface area contributed by atoms with Crippen molar-refractivity contribution in [3.63, 3.8) is 0 Å². The molecule has 0 spiro atoms. The Labute approximate surface area is 357 Å². The molecule has 10 aromatic carbocycles. The van der Waals surface area contributed by atoms with Gasteiger partial charge in [0.1, 0.15) is 0 Å². The smallest absolute Gasteiger partial charge is 0.160 e. The van der Waals surface area contributed by atoms with Crippen molar-refractivity contribution in [2.45, 2.75) is 0 Å². The summed E-state index contributed by atoms with van der Waals surface area (Å²) in [6, 6.07) is 78.7. The molecule has 0 aliphatic carbocycles. The van der Waals surface area contributed by atoms with Gasteiger partial charge in [0.05, 0.1) is 11.4 Å². The molecule has 0 saturated carbocycles. The highest BCUT2D eigenvalue weighted by molar-refractivity contribution is 7.25. The molecule has 3 heteroatoms. The lowest BCUT2D eigenvalue weighted by atomic mass is 9.89. The summed E-state index contributed by atoms with van der Waals surface area (Å²) in [7, 11) is 0. The zero-order valence-electron chi connectivity index (χ0n) is 33.1. The largest absolute Gasteiger partial charge is 0.228 e. The lowest BCUT2D eigenvalue weighted by Crippen LogP contribution is -1.96. The molecule has 2 heterocycles. The predicted octanol–water partition coefficient (Wildman–Crippen LogP) is 16.3. The van der Waals surface area contributed by atoms with Crippen molar-refractivity contribution in [3.05, 3.63) is 218 Å². The SMILES string of the molecule is c1ccc(-c2nc(-c3ccc(-c4ccc(-c5c6ccccc6cc6c5ccc5ccccc56)cc4)cc3)cc(-c3ccc(-c4ccc5c(c4)sc4ccccc45)cc3)n2)cc1. The molecule has 0 bridgehead atoms. The molecule has 2 nitrogen and oxygen atoms in total. The first-order valence-electron chi connectivity index (χ1n) is 20.7. The van der Waals surface area contributed by atoms with Crippen LogP contribution in [0, 0.1) is 0 Å². The summed E-state index contributed by atoms with van der Waals surface area (Å²) >= 11 is 1.85. The lowest BCUT2D eigenvalue weighted by Gasteiger charge is -2.14. The third kappa shape index (κ3) is 6.26. The summed E-state index contributed by atoms with van der Waals surface area (Å²) in [6.45, 7) is 0. The third-order valence-electron chi connectivity index (χ3n) is 12.1. The molecule has 2 aromatic heterocycles. The maximum absolute atomic E-state index is 5.12. The van der Waals surface area contributed by atoms with Crippen LogP contribution in [-0.4, -0.2) is 9.97 Å². The summed E-state index contributed by atoms with van der Waals surface area (Å²) in [4.78, 5) is 10.2. The van der Waals surface area contributed by atoms with Crippen LogP contribution in [0.15, 0.2) is 218 Å². The maximum Gasteiger partial charge on any atom is 0.160 e. The van der Waals surface area contributed by atoms with E-state index in [2.05, 4.69) is 200 Å². The molecule has 61 heavy (non-hydrogen) atoms. The van der Waals surface area contributed by atoms with Crippen molar-refractivity contribution >= 4 is 63.8 Å². The summed E-state index contributed by atoms with van der Waals surface area (Å²) in [5.41, 5.74) is 12.1. The second-order valence-electron chi connectivity index (χ2n) is 15.7. The van der Waals surface area contributed by atoms with Gasteiger partial charge in [0, 0.05) is 36.9 Å². The lowest BCUT2D eigenvalue weighted by molar-refractivity contribution is 1.18. The molecule has 0 radical (unpaired) electrons. The van der Waals surface area contributed by atoms with Crippen LogP contribution in [0.5, 0.6) is 0 Å². The summed E-state index contributed by atoms with van der Waals surface area (Å²) < 4.78 is 2.63. The average Bonchev–Trinajstić information content (AvgIpc) is 3.72. The number of fused-ring (bicyclic) bond motifs is 7. The summed E-state index contributed by atoms with van der Waals surface area (Å²) in [5.74, 6) is 0.709. The minimum atomic E-state index is 0.709. The fraction of sp³-hybridized carbons (Fsp3) is 0. The van der Waals surface area contributed by atoms with Crippen LogP contribution >= 0.6 is 11.3 Å². The van der Waals surface area contributed by atoms with Gasteiger partial charge in [-0.15, -0.1) is 11.3 Å². The quantitative estimate of drug-likeness (QED) is 0.124. The van der Waals surface area contributed by atoms with Crippen LogP contribution in [0.3, 0.4) is 0 Å². The maximum atomic E-state index is 5.12. The van der Waals surface area contributed by atoms with Gasteiger partial charge in [0.15, 0.2) is 5.82 Å². The van der Waals surface area contributed by atoms with Gasteiger partial charge in [0.25, 0.3) is 0 Å². The number of thiophene rings is 1. The molecule has 0 atom stereocenters. The highest BCUT2D eigenvalue weighted by atomic mass is 32.1. The molecule has 12 rings (SSSR count). The van der Waals surface area contributed by atoms with Crippen LogP contribution in [0.4, 0.5) is 0 Å². The Hall–Kier alpha value is -7.72. The number of hydrogen-bond donors (Lipinski definition) is 0. The van der Waals surface area contributed by atoms with Gasteiger partial charge in [0.2, 0.25) is 0 Å². The van der Waals surface area contributed by atoms with E-state index in [0.717, 1.165) is 33.6 Å². The molecule has 0 fully saturated rings. The Balaban J connectivity index is 0.873. The highest BCUT2D eigenvalue weighted by Gasteiger charge is 2.15. The van der Waals surface area contributed by atoms with Crippen molar-refractivity contribution in [2.24, 2.45) is 0 Å².